The number of thiazole rings is 1. The van der Waals surface area contributed by atoms with Crippen molar-refractivity contribution in [3.8, 4) is 10.6 Å². The Kier molecular flexibility index (Phi) is 6.37. The van der Waals surface area contributed by atoms with E-state index in [1.54, 1.807) is 11.3 Å². The van der Waals surface area contributed by atoms with Gasteiger partial charge in [0, 0.05) is 24.5 Å². The number of piperidine rings is 2. The van der Waals surface area contributed by atoms with Gasteiger partial charge in [-0.25, -0.2) is 9.97 Å². The van der Waals surface area contributed by atoms with Crippen molar-refractivity contribution in [1.29, 1.82) is 0 Å². The highest BCUT2D eigenvalue weighted by atomic mass is 32.1. The van der Waals surface area contributed by atoms with E-state index in [0.717, 1.165) is 79.0 Å². The van der Waals surface area contributed by atoms with E-state index in [2.05, 4.69) is 26.6 Å². The van der Waals surface area contributed by atoms with E-state index in [4.69, 9.17) is 9.97 Å². The summed E-state index contributed by atoms with van der Waals surface area (Å²) in [6.45, 7) is 4.15. The second-order valence-corrected chi connectivity index (χ2v) is 11.1. The van der Waals surface area contributed by atoms with Crippen LogP contribution in [0, 0.1) is 0 Å². The number of fused-ring (bicyclic) bond motifs is 1. The summed E-state index contributed by atoms with van der Waals surface area (Å²) in [6, 6.07) is 9.10. The summed E-state index contributed by atoms with van der Waals surface area (Å²) in [5.74, 6) is 1.84. The summed E-state index contributed by atoms with van der Waals surface area (Å²) in [5.41, 5.74) is 1.43. The van der Waals surface area contributed by atoms with E-state index in [9.17, 15) is 4.79 Å². The molecule has 2 aromatic heterocycles. The van der Waals surface area contributed by atoms with Crippen LogP contribution in [0.25, 0.3) is 20.8 Å². The lowest BCUT2D eigenvalue weighted by Gasteiger charge is -2.35. The molecule has 6 rings (SSSR count). The van der Waals surface area contributed by atoms with Gasteiger partial charge in [0.15, 0.2) is 0 Å². The molecule has 1 aliphatic carbocycles. The van der Waals surface area contributed by atoms with Gasteiger partial charge in [0.05, 0.1) is 10.2 Å². The third-order valence-electron chi connectivity index (χ3n) is 7.84. The van der Waals surface area contributed by atoms with Gasteiger partial charge in [0.25, 0.3) is 5.56 Å². The van der Waals surface area contributed by atoms with E-state index >= 15 is 0 Å². The first kappa shape index (κ1) is 22.2. The van der Waals surface area contributed by atoms with E-state index in [-0.39, 0.29) is 11.6 Å². The number of benzene rings is 1. The fourth-order valence-electron chi connectivity index (χ4n) is 5.94. The summed E-state index contributed by atoms with van der Waals surface area (Å²) >= 11 is 1.56. The number of hydrogen-bond acceptors (Lipinski definition) is 7. The van der Waals surface area contributed by atoms with E-state index in [0.29, 0.717) is 17.3 Å². The summed E-state index contributed by atoms with van der Waals surface area (Å²) < 4.78 is 1.09. The number of nitrogens with one attached hydrogen (secondary N) is 3. The maximum absolute atomic E-state index is 13.5. The number of hydrogen-bond donors (Lipinski definition) is 3. The van der Waals surface area contributed by atoms with Crippen LogP contribution in [-0.4, -0.2) is 58.1 Å². The maximum atomic E-state index is 13.5. The van der Waals surface area contributed by atoms with Crippen molar-refractivity contribution in [3.05, 3.63) is 40.4 Å². The van der Waals surface area contributed by atoms with E-state index in [1.165, 1.54) is 25.7 Å². The molecule has 3 fully saturated rings. The Morgan fingerprint density at radius 3 is 2.59 bits per heavy atom. The van der Waals surface area contributed by atoms with Gasteiger partial charge < -0.3 is 20.5 Å². The minimum Gasteiger partial charge on any atom is -0.365 e. The molecule has 4 heterocycles. The van der Waals surface area contributed by atoms with Gasteiger partial charge >= 0.3 is 0 Å². The predicted molar refractivity (Wildman–Crippen MR) is 139 cm³/mol. The molecule has 0 amide bonds. The zero-order valence-electron chi connectivity index (χ0n) is 19.7. The zero-order chi connectivity index (χ0) is 22.9. The molecule has 3 aliphatic rings. The van der Waals surface area contributed by atoms with Crippen molar-refractivity contribution in [3.63, 3.8) is 0 Å². The van der Waals surface area contributed by atoms with Crippen LogP contribution in [0.15, 0.2) is 29.1 Å². The summed E-state index contributed by atoms with van der Waals surface area (Å²) in [5, 5.41) is 7.83. The SMILES string of the molecule is O=c1[nH]c(C2CCN(C3CCCC3)CC2)nc(NC2CCCNC2)c1-c1nc2ccccc2s1. The topological polar surface area (TPSA) is 85.9 Å². The van der Waals surface area contributed by atoms with Crippen molar-refractivity contribution < 1.29 is 0 Å². The molecule has 1 atom stereocenters. The lowest BCUT2D eigenvalue weighted by Crippen LogP contribution is -2.40. The molecule has 0 spiro atoms. The number of H-pyrrole nitrogens is 1. The van der Waals surface area contributed by atoms with Crippen molar-refractivity contribution in [2.45, 2.75) is 69.4 Å². The van der Waals surface area contributed by atoms with Crippen LogP contribution in [0.1, 0.15) is 63.1 Å². The maximum Gasteiger partial charge on any atom is 0.263 e. The third kappa shape index (κ3) is 4.51. The van der Waals surface area contributed by atoms with Crippen LogP contribution in [0.3, 0.4) is 0 Å². The normalized spacial score (nSPS) is 23.0. The lowest BCUT2D eigenvalue weighted by molar-refractivity contribution is 0.152. The molecule has 0 radical (unpaired) electrons. The van der Waals surface area contributed by atoms with Gasteiger partial charge in [-0.3, -0.25) is 4.79 Å². The number of aromatic amines is 1. The van der Waals surface area contributed by atoms with Crippen LogP contribution in [0.5, 0.6) is 0 Å². The predicted octanol–water partition coefficient (Wildman–Crippen LogP) is 4.33. The van der Waals surface area contributed by atoms with E-state index in [1.807, 2.05) is 18.2 Å². The smallest absolute Gasteiger partial charge is 0.263 e. The number of aromatic nitrogens is 3. The van der Waals surface area contributed by atoms with Gasteiger partial charge in [-0.15, -0.1) is 11.3 Å². The van der Waals surface area contributed by atoms with E-state index < -0.39 is 0 Å². The summed E-state index contributed by atoms with van der Waals surface area (Å²) in [4.78, 5) is 29.2. The molecule has 34 heavy (non-hydrogen) atoms. The molecule has 3 N–H and O–H groups in total. The zero-order valence-corrected chi connectivity index (χ0v) is 20.5. The Hall–Kier alpha value is -2.29. The molecule has 0 bridgehead atoms. The van der Waals surface area contributed by atoms with Crippen molar-refractivity contribution >= 4 is 27.4 Å². The number of likely N-dealkylation sites (tertiary alicyclic amines) is 1. The second kappa shape index (κ2) is 9.76. The quantitative estimate of drug-likeness (QED) is 0.506. The molecule has 8 heteroatoms. The molecule has 1 aromatic carbocycles. The molecular formula is C26H34N6OS. The van der Waals surface area contributed by atoms with Crippen LogP contribution in [0.2, 0.25) is 0 Å². The number of para-hydroxylation sites is 1. The molecular weight excluding hydrogens is 444 g/mol. The Bertz CT molecular complexity index is 1150. The highest BCUT2D eigenvalue weighted by Gasteiger charge is 2.30. The average Bonchev–Trinajstić information content (AvgIpc) is 3.55. The van der Waals surface area contributed by atoms with Crippen molar-refractivity contribution in [1.82, 2.24) is 25.2 Å². The molecule has 7 nitrogen and oxygen atoms in total. The largest absolute Gasteiger partial charge is 0.365 e. The minimum absolute atomic E-state index is 0.0754. The first-order valence-corrected chi connectivity index (χ1v) is 13.8. The first-order valence-electron chi connectivity index (χ1n) is 13.0. The fraction of sp³-hybridized carbons (Fsp3) is 0.577. The number of anilines is 1. The summed E-state index contributed by atoms with van der Waals surface area (Å²) in [7, 11) is 0. The fourth-order valence-corrected chi connectivity index (χ4v) is 6.95. The van der Waals surface area contributed by atoms with Gasteiger partial charge in [0.1, 0.15) is 22.2 Å². The second-order valence-electron chi connectivity index (χ2n) is 10.1. The van der Waals surface area contributed by atoms with Gasteiger partial charge in [-0.2, -0.15) is 0 Å². The minimum atomic E-state index is -0.0754. The highest BCUT2D eigenvalue weighted by Crippen LogP contribution is 2.35. The van der Waals surface area contributed by atoms with Gasteiger partial charge in [-0.1, -0.05) is 25.0 Å². The molecule has 1 saturated carbocycles. The lowest BCUT2D eigenvalue weighted by atomic mass is 9.94. The van der Waals surface area contributed by atoms with Crippen molar-refractivity contribution in [2.24, 2.45) is 0 Å². The molecule has 2 aliphatic heterocycles. The standard InChI is InChI=1S/C26H34N6OS/c33-25-22(26-29-20-9-3-4-10-21(20)34-26)24(28-18-6-5-13-27-16-18)30-23(31-25)17-11-14-32(15-12-17)19-7-1-2-8-19/h3-4,9-10,17-19,27H,1-2,5-8,11-16H2,(H2,28,30,31,33). The Labute approximate surface area is 204 Å². The van der Waals surface area contributed by atoms with Gasteiger partial charge in [0.2, 0.25) is 0 Å². The van der Waals surface area contributed by atoms with Crippen LogP contribution < -0.4 is 16.2 Å². The Morgan fingerprint density at radius 1 is 1.00 bits per heavy atom. The monoisotopic (exact) mass is 478 g/mol. The molecule has 1 unspecified atom stereocenters. The molecule has 3 aromatic rings. The molecule has 180 valence electrons. The number of rotatable bonds is 5. The highest BCUT2D eigenvalue weighted by molar-refractivity contribution is 7.21. The number of nitrogens with zero attached hydrogens (tertiary/aromatic N) is 3. The van der Waals surface area contributed by atoms with Crippen LogP contribution in [-0.2, 0) is 0 Å². The van der Waals surface area contributed by atoms with Crippen LogP contribution in [0.4, 0.5) is 5.82 Å². The average molecular weight is 479 g/mol. The first-order chi connectivity index (χ1) is 16.7. The molecule has 2 saturated heterocycles. The third-order valence-corrected chi connectivity index (χ3v) is 8.89. The Balaban J connectivity index is 1.31. The summed E-state index contributed by atoms with van der Waals surface area (Å²) in [6.07, 6.45) is 9.77. The van der Waals surface area contributed by atoms with Gasteiger partial charge in [-0.05, 0) is 70.3 Å². The van der Waals surface area contributed by atoms with Crippen LogP contribution >= 0.6 is 11.3 Å². The van der Waals surface area contributed by atoms with Crippen molar-refractivity contribution in [2.75, 3.05) is 31.5 Å². The Morgan fingerprint density at radius 2 is 1.82 bits per heavy atom.